The lowest BCUT2D eigenvalue weighted by Crippen LogP contribution is -2.11. The topological polar surface area (TPSA) is 107 Å². The van der Waals surface area contributed by atoms with Crippen LogP contribution in [-0.4, -0.2) is 27.4 Å². The van der Waals surface area contributed by atoms with Crippen molar-refractivity contribution in [2.24, 2.45) is 0 Å². The van der Waals surface area contributed by atoms with E-state index in [4.69, 9.17) is 15.5 Å². The molecule has 0 saturated carbocycles. The first-order chi connectivity index (χ1) is 16.0. The van der Waals surface area contributed by atoms with Gasteiger partial charge in [0.25, 0.3) is 5.91 Å². The lowest BCUT2D eigenvalue weighted by molar-refractivity contribution is 0.103. The van der Waals surface area contributed by atoms with E-state index in [-0.39, 0.29) is 5.91 Å². The number of thiophene rings is 1. The maximum atomic E-state index is 12.6. The van der Waals surface area contributed by atoms with Gasteiger partial charge < -0.3 is 21.1 Å². The van der Waals surface area contributed by atoms with Crippen LogP contribution in [0.25, 0.3) is 17.0 Å². The number of rotatable bonds is 6. The maximum Gasteiger partial charge on any atom is 0.265 e. The number of carbonyl (C=O) groups excluding carboxylic acids is 1. The van der Waals surface area contributed by atoms with E-state index in [9.17, 15) is 4.79 Å². The summed E-state index contributed by atoms with van der Waals surface area (Å²) in [5.74, 6) is 0.484. The molecule has 0 atom stereocenters. The van der Waals surface area contributed by atoms with Gasteiger partial charge in [-0.15, -0.1) is 22.7 Å². The van der Waals surface area contributed by atoms with E-state index < -0.39 is 0 Å². The second-order valence-electron chi connectivity index (χ2n) is 7.18. The number of nitrogens with two attached hydrogens (primary N) is 1. The first-order valence-corrected chi connectivity index (χ1v) is 11.7. The van der Waals surface area contributed by atoms with Crippen LogP contribution in [0, 0.1) is 6.92 Å². The number of thiazole rings is 1. The van der Waals surface area contributed by atoms with Crippen molar-refractivity contribution in [3.05, 3.63) is 70.5 Å². The Morgan fingerprint density at radius 1 is 1.09 bits per heavy atom. The molecule has 0 saturated heterocycles. The fraction of sp³-hybridized carbons (Fsp3) is 0.0870. The number of benzene rings is 1. The second kappa shape index (κ2) is 8.57. The molecule has 0 aliphatic carbocycles. The van der Waals surface area contributed by atoms with Gasteiger partial charge in [0.05, 0.1) is 39.8 Å². The van der Waals surface area contributed by atoms with Gasteiger partial charge in [0, 0.05) is 5.38 Å². The zero-order valence-electron chi connectivity index (χ0n) is 17.8. The molecule has 8 nitrogen and oxygen atoms in total. The number of fused-ring (bicyclic) bond motifs is 1. The molecule has 0 fully saturated rings. The first kappa shape index (κ1) is 21.0. The fourth-order valence-corrected chi connectivity index (χ4v) is 5.08. The van der Waals surface area contributed by atoms with Crippen molar-refractivity contribution in [2.45, 2.75) is 6.92 Å². The van der Waals surface area contributed by atoms with Crippen LogP contribution in [0.15, 0.2) is 60.0 Å². The Labute approximate surface area is 197 Å². The fourth-order valence-electron chi connectivity index (χ4n) is 3.50. The highest BCUT2D eigenvalue weighted by molar-refractivity contribution is 7.19. The number of ether oxygens (including phenoxy) is 1. The predicted molar refractivity (Wildman–Crippen MR) is 134 cm³/mol. The van der Waals surface area contributed by atoms with Crippen molar-refractivity contribution in [2.75, 3.05) is 23.5 Å². The highest BCUT2D eigenvalue weighted by Crippen LogP contribution is 2.34. The highest BCUT2D eigenvalue weighted by atomic mass is 32.1. The van der Waals surface area contributed by atoms with Gasteiger partial charge in [-0.1, -0.05) is 18.2 Å². The molecule has 0 radical (unpaired) electrons. The van der Waals surface area contributed by atoms with Gasteiger partial charge in [-0.25, -0.2) is 9.97 Å². The Morgan fingerprint density at radius 2 is 1.94 bits per heavy atom. The van der Waals surface area contributed by atoms with Crippen molar-refractivity contribution in [1.82, 2.24) is 14.4 Å². The van der Waals surface area contributed by atoms with Gasteiger partial charge in [-0.05, 0) is 43.3 Å². The van der Waals surface area contributed by atoms with E-state index >= 15 is 0 Å². The monoisotopic (exact) mass is 476 g/mol. The number of nitrogens with zero attached hydrogens (tertiary/aromatic N) is 3. The number of aromatic nitrogens is 3. The number of imidazole rings is 1. The summed E-state index contributed by atoms with van der Waals surface area (Å²) in [6, 6.07) is 16.5. The van der Waals surface area contributed by atoms with Crippen LogP contribution in [0.5, 0.6) is 5.88 Å². The lowest BCUT2D eigenvalue weighted by atomic mass is 10.2. The molecule has 0 aliphatic heterocycles. The molecule has 0 bridgehead atoms. The summed E-state index contributed by atoms with van der Waals surface area (Å²) in [6.45, 7) is 1.96. The molecular formula is C23H20N6O2S2. The number of nitrogens with one attached hydrogen (secondary N) is 2. The smallest absolute Gasteiger partial charge is 0.265 e. The summed E-state index contributed by atoms with van der Waals surface area (Å²) in [5.41, 5.74) is 10.4. The molecule has 4 N–H and O–H groups in total. The Bertz CT molecular complexity index is 1470. The number of hydrogen-bond donors (Lipinski definition) is 3. The van der Waals surface area contributed by atoms with E-state index in [0.29, 0.717) is 22.1 Å². The van der Waals surface area contributed by atoms with Crippen molar-refractivity contribution in [1.29, 1.82) is 0 Å². The molecule has 0 aliphatic rings. The van der Waals surface area contributed by atoms with Crippen molar-refractivity contribution in [3.63, 3.8) is 0 Å². The zero-order valence-corrected chi connectivity index (χ0v) is 19.5. The summed E-state index contributed by atoms with van der Waals surface area (Å²) >= 11 is 2.83. The highest BCUT2D eigenvalue weighted by Gasteiger charge is 2.18. The molecule has 4 aromatic heterocycles. The molecular weight excluding hydrogens is 456 g/mol. The SMILES string of the molecule is COc1cccc2nc(C)c(-c3csc(Nc4ccc(C(=O)Nc5ccccc5N)s4)n3)n12. The van der Waals surface area contributed by atoms with Crippen LogP contribution < -0.4 is 21.1 Å². The lowest BCUT2D eigenvalue weighted by Gasteiger charge is -2.06. The third-order valence-electron chi connectivity index (χ3n) is 5.01. The summed E-state index contributed by atoms with van der Waals surface area (Å²) < 4.78 is 7.47. The number of aryl methyl sites for hydroxylation is 1. The van der Waals surface area contributed by atoms with Gasteiger partial charge in [0.2, 0.25) is 0 Å². The van der Waals surface area contributed by atoms with Gasteiger partial charge in [-0.3, -0.25) is 9.20 Å². The van der Waals surface area contributed by atoms with Gasteiger partial charge in [-0.2, -0.15) is 0 Å². The molecule has 0 spiro atoms. The number of anilines is 4. The molecule has 5 rings (SSSR count). The largest absolute Gasteiger partial charge is 0.482 e. The quantitative estimate of drug-likeness (QED) is 0.283. The Kier molecular flexibility index (Phi) is 5.45. The Balaban J connectivity index is 1.36. The zero-order chi connectivity index (χ0) is 22.9. The van der Waals surface area contributed by atoms with E-state index in [2.05, 4.69) is 15.6 Å². The van der Waals surface area contributed by atoms with Gasteiger partial charge >= 0.3 is 0 Å². The van der Waals surface area contributed by atoms with Gasteiger partial charge in [0.15, 0.2) is 11.0 Å². The molecule has 5 aromatic rings. The molecule has 33 heavy (non-hydrogen) atoms. The van der Waals surface area contributed by atoms with Crippen LogP contribution in [0.3, 0.4) is 0 Å². The number of para-hydroxylation sites is 2. The number of amides is 1. The van der Waals surface area contributed by atoms with Crippen molar-refractivity contribution >= 4 is 55.7 Å². The Hall–Kier alpha value is -3.89. The normalized spacial score (nSPS) is 11.0. The minimum Gasteiger partial charge on any atom is -0.482 e. The van der Waals surface area contributed by atoms with E-state index in [1.54, 1.807) is 25.3 Å². The Morgan fingerprint density at radius 3 is 2.76 bits per heavy atom. The van der Waals surface area contributed by atoms with Crippen LogP contribution in [0.1, 0.15) is 15.4 Å². The summed E-state index contributed by atoms with van der Waals surface area (Å²) in [6.07, 6.45) is 0. The average Bonchev–Trinajstić information content (AvgIpc) is 3.53. The second-order valence-corrected chi connectivity index (χ2v) is 9.12. The molecule has 1 aromatic carbocycles. The van der Waals surface area contributed by atoms with Crippen LogP contribution in [0.4, 0.5) is 21.5 Å². The number of hydrogen-bond acceptors (Lipinski definition) is 8. The van der Waals surface area contributed by atoms with Crippen LogP contribution >= 0.6 is 22.7 Å². The predicted octanol–water partition coefficient (Wildman–Crippen LogP) is 5.41. The minimum absolute atomic E-state index is 0.209. The van der Waals surface area contributed by atoms with Gasteiger partial charge in [0.1, 0.15) is 11.3 Å². The summed E-state index contributed by atoms with van der Waals surface area (Å²) in [7, 11) is 1.64. The third-order valence-corrected chi connectivity index (χ3v) is 6.76. The standard InChI is InChI=1S/C23H20N6O2S2/c1-13-21(29-18(25-13)8-5-9-20(29)31-2)16-12-32-23(27-16)28-19-11-10-17(33-19)22(30)26-15-7-4-3-6-14(15)24/h3-12H,24H2,1-2H3,(H,26,30)(H,27,28). The van der Waals surface area contributed by atoms with E-state index in [1.165, 1.54) is 22.7 Å². The summed E-state index contributed by atoms with van der Waals surface area (Å²) in [4.78, 5) is 22.5. The summed E-state index contributed by atoms with van der Waals surface area (Å²) in [5, 5.41) is 9.65. The van der Waals surface area contributed by atoms with Crippen molar-refractivity contribution in [3.8, 4) is 17.3 Å². The maximum absolute atomic E-state index is 12.6. The first-order valence-electron chi connectivity index (χ1n) is 10.0. The molecule has 1 amide bonds. The third kappa shape index (κ3) is 4.01. The number of methoxy groups -OCH3 is 1. The van der Waals surface area contributed by atoms with Crippen LogP contribution in [-0.2, 0) is 0 Å². The van der Waals surface area contributed by atoms with Crippen molar-refractivity contribution < 1.29 is 9.53 Å². The van der Waals surface area contributed by atoms with E-state index in [0.717, 1.165) is 32.9 Å². The number of carbonyl (C=O) groups is 1. The minimum atomic E-state index is -0.209. The molecule has 10 heteroatoms. The average molecular weight is 477 g/mol. The number of nitrogen functional groups attached to an aromatic ring is 1. The number of pyridine rings is 1. The van der Waals surface area contributed by atoms with E-state index in [1.807, 2.05) is 53.1 Å². The van der Waals surface area contributed by atoms with Crippen LogP contribution in [0.2, 0.25) is 0 Å². The molecule has 0 unspecified atom stereocenters. The molecule has 166 valence electrons. The molecule has 4 heterocycles.